The highest BCUT2D eigenvalue weighted by Gasteiger charge is 2.28. The number of benzene rings is 2. The lowest BCUT2D eigenvalue weighted by atomic mass is 10.2. The first-order valence-corrected chi connectivity index (χ1v) is 24.9. The fourth-order valence-corrected chi connectivity index (χ4v) is 9.29. The molecule has 0 atom stereocenters. The fourth-order valence-electron chi connectivity index (χ4n) is 6.57. The maximum atomic E-state index is 12.2. The molecule has 376 valence electrons. The van der Waals surface area contributed by atoms with Crippen molar-refractivity contribution < 1.29 is 54.9 Å². The second-order valence-corrected chi connectivity index (χ2v) is 17.6. The standard InChI is InChI=1S/C41H46N14O9S3.O3S/c1-8-53(9-2)31-17-26(28(19-33(31)63-6)49-51-37-25(21-42)36(67(60,61)62)35(23-59)66-37)44-39-46-40(48-41(47-39)55(12-14-56)13-15-57)45-27-18-32(54(10-3)11-4)34(64-7)20-29(27)50-52-38-30(43-5)16-24(22-58)65-38;1-4(2)3/h16-20,22-23,56-57H,8-15H2,1-4,6-7H3,(H,60,61,62)(H2,44,45,46,47,48);. The van der Waals surface area contributed by atoms with Crippen molar-refractivity contribution >= 4 is 124 Å². The number of aldehydes is 2. The predicted octanol–water partition coefficient (Wildman–Crippen LogP) is 7.10. The van der Waals surface area contributed by atoms with Crippen LogP contribution in [0.5, 0.6) is 11.5 Å². The lowest BCUT2D eigenvalue weighted by Crippen LogP contribution is -2.31. The largest absolute Gasteiger partial charge is 0.494 e. The zero-order valence-corrected chi connectivity index (χ0v) is 42.0. The number of nitriles is 1. The van der Waals surface area contributed by atoms with Gasteiger partial charge in [-0.25, -0.2) is 4.85 Å². The number of azo groups is 2. The van der Waals surface area contributed by atoms with Crippen LogP contribution in [0, 0.1) is 17.9 Å². The molecule has 0 saturated heterocycles. The average Bonchev–Trinajstić information content (AvgIpc) is 3.94. The molecule has 0 saturated carbocycles. The highest BCUT2D eigenvalue weighted by molar-refractivity contribution is 7.86. The number of hydrogen-bond acceptors (Lipinski definition) is 26. The molecule has 0 aliphatic heterocycles. The quantitative estimate of drug-likeness (QED) is 0.0178. The van der Waals surface area contributed by atoms with Gasteiger partial charge in [-0.3, -0.25) is 14.1 Å². The molecular weight excluding hydrogens is 1010 g/mol. The topological polar surface area (TPSA) is 349 Å². The van der Waals surface area contributed by atoms with Gasteiger partial charge in [0.2, 0.25) is 23.5 Å². The molecule has 0 fully saturated rings. The summed E-state index contributed by atoms with van der Waals surface area (Å²) >= 11 is 1.53. The van der Waals surface area contributed by atoms with Gasteiger partial charge in [0.1, 0.15) is 44.4 Å². The van der Waals surface area contributed by atoms with Crippen LogP contribution in [-0.2, 0) is 20.7 Å². The highest BCUT2D eigenvalue weighted by Crippen LogP contribution is 2.45. The number of thiophene rings is 2. The highest BCUT2D eigenvalue weighted by atomic mass is 32.2. The Balaban J connectivity index is 0.00000263. The minimum Gasteiger partial charge on any atom is -0.494 e. The molecule has 5 aromatic rings. The zero-order valence-electron chi connectivity index (χ0n) is 38.7. The number of rotatable bonds is 24. The summed E-state index contributed by atoms with van der Waals surface area (Å²) in [4.78, 5) is 45.3. The molecule has 3 aromatic heterocycles. The number of nitrogens with zero attached hydrogens (tertiary/aromatic N) is 12. The second kappa shape index (κ2) is 26.4. The molecule has 3 heterocycles. The van der Waals surface area contributed by atoms with E-state index in [2.05, 4.69) is 45.9 Å². The van der Waals surface area contributed by atoms with Crippen LogP contribution in [0.2, 0.25) is 0 Å². The van der Waals surface area contributed by atoms with Gasteiger partial charge in [0.15, 0.2) is 17.6 Å². The lowest BCUT2D eigenvalue weighted by Gasteiger charge is -2.25. The third-order valence-corrected chi connectivity index (χ3v) is 12.7. The van der Waals surface area contributed by atoms with Gasteiger partial charge in [0, 0.05) is 51.4 Å². The van der Waals surface area contributed by atoms with E-state index in [0.717, 1.165) is 11.3 Å². The predicted molar refractivity (Wildman–Crippen MR) is 264 cm³/mol. The van der Waals surface area contributed by atoms with Crippen molar-refractivity contribution in [1.82, 2.24) is 15.0 Å². The Labute approximate surface area is 416 Å². The van der Waals surface area contributed by atoms with Gasteiger partial charge in [0.05, 0.1) is 66.5 Å². The summed E-state index contributed by atoms with van der Waals surface area (Å²) in [6.07, 6.45) is 0.808. The van der Waals surface area contributed by atoms with Gasteiger partial charge in [-0.15, -0.1) is 50.6 Å². The Morgan fingerprint density at radius 3 is 1.63 bits per heavy atom. The van der Waals surface area contributed by atoms with Crippen molar-refractivity contribution in [3.63, 3.8) is 0 Å². The SMILES string of the molecule is O=S(=O)=O.[C-]#[N+]c1cc(C=O)sc1N=Nc1cc(OC)c(N(CC)CC)cc1Nc1nc(Nc2cc(N(CC)CC)c(OC)cc2N=Nc2sc(C=O)c(S(=O)(=O)O)c2C#N)nc(N(CCO)CCO)n1. The number of aliphatic hydroxyl groups excluding tert-OH is 2. The normalized spacial score (nSPS) is 11.0. The monoisotopic (exact) mass is 1050 g/mol. The van der Waals surface area contributed by atoms with Gasteiger partial charge in [-0.2, -0.15) is 33.7 Å². The summed E-state index contributed by atoms with van der Waals surface area (Å²) in [7, 11) is -5.15. The first kappa shape index (κ1) is 56.0. The van der Waals surface area contributed by atoms with E-state index in [1.54, 1.807) is 24.3 Å². The van der Waals surface area contributed by atoms with Crippen LogP contribution in [0.25, 0.3) is 4.85 Å². The third kappa shape index (κ3) is 14.3. The van der Waals surface area contributed by atoms with Crippen LogP contribution < -0.4 is 34.8 Å². The number of carbonyl (C=O) groups excluding carboxylic acids is 2. The number of hydrogen-bond donors (Lipinski definition) is 5. The van der Waals surface area contributed by atoms with Crippen molar-refractivity contribution in [1.29, 1.82) is 5.26 Å². The van der Waals surface area contributed by atoms with Crippen molar-refractivity contribution in [2.75, 3.05) is 92.0 Å². The number of anilines is 7. The van der Waals surface area contributed by atoms with Crippen LogP contribution in [0.1, 0.15) is 52.6 Å². The molecule has 5 rings (SSSR count). The van der Waals surface area contributed by atoms with Gasteiger partial charge < -0.3 is 45.0 Å². The Morgan fingerprint density at radius 1 is 0.775 bits per heavy atom. The lowest BCUT2D eigenvalue weighted by molar-refractivity contribution is 0.111. The first-order valence-electron chi connectivity index (χ1n) is 20.8. The van der Waals surface area contributed by atoms with Crippen molar-refractivity contribution in [2.24, 2.45) is 20.5 Å². The van der Waals surface area contributed by atoms with Gasteiger partial charge in [-0.05, 0) is 45.9 Å². The van der Waals surface area contributed by atoms with Gasteiger partial charge in [-0.1, -0.05) is 0 Å². The molecule has 0 spiro atoms. The molecule has 0 unspecified atom stereocenters. The molecule has 5 N–H and O–H groups in total. The number of aromatic nitrogens is 3. The summed E-state index contributed by atoms with van der Waals surface area (Å²) in [5.41, 5.74) is 1.68. The van der Waals surface area contributed by atoms with Crippen molar-refractivity contribution in [2.45, 2.75) is 32.6 Å². The maximum absolute atomic E-state index is 12.2. The van der Waals surface area contributed by atoms with E-state index in [1.165, 1.54) is 31.3 Å². The summed E-state index contributed by atoms with van der Waals surface area (Å²) < 4.78 is 71.1. The van der Waals surface area contributed by atoms with Crippen LogP contribution in [-0.4, -0.2) is 130 Å². The molecule has 2 aromatic carbocycles. The molecule has 71 heavy (non-hydrogen) atoms. The number of aliphatic hydroxyl groups is 2. The molecule has 0 radical (unpaired) electrons. The molecule has 30 heteroatoms. The smallest absolute Gasteiger partial charge is 0.425 e. The first-order chi connectivity index (χ1) is 34.0. The molecule has 0 aliphatic rings. The number of carbonyl (C=O) groups is 2. The third-order valence-electron chi connectivity index (χ3n) is 9.74. The summed E-state index contributed by atoms with van der Waals surface area (Å²) in [5, 5.41) is 53.5. The van der Waals surface area contributed by atoms with E-state index in [9.17, 15) is 38.0 Å². The van der Waals surface area contributed by atoms with E-state index in [1.807, 2.05) is 37.5 Å². The minimum absolute atomic E-state index is 0.00894. The van der Waals surface area contributed by atoms with E-state index in [0.29, 0.717) is 77.2 Å². The molecule has 0 bridgehead atoms. The Hall–Kier alpha value is -7.58. The van der Waals surface area contributed by atoms with Crippen molar-refractivity contribution in [3.05, 3.63) is 57.1 Å². The van der Waals surface area contributed by atoms with E-state index in [4.69, 9.17) is 33.7 Å². The summed E-state index contributed by atoms with van der Waals surface area (Å²) in [6, 6.07) is 9.73. The second-order valence-electron chi connectivity index (χ2n) is 13.7. The number of methoxy groups -OCH3 is 2. The van der Waals surface area contributed by atoms with Gasteiger partial charge in [0.25, 0.3) is 10.1 Å². The van der Waals surface area contributed by atoms with E-state index < -0.39 is 36.1 Å². The van der Waals surface area contributed by atoms with Crippen LogP contribution in [0.15, 0.2) is 55.7 Å². The Morgan fingerprint density at radius 2 is 1.25 bits per heavy atom. The fraction of sp³-hybridized carbons (Fsp3) is 0.341. The zero-order chi connectivity index (χ0) is 52.4. The molecular formula is C41H46N14O12S4. The van der Waals surface area contributed by atoms with Crippen LogP contribution >= 0.6 is 22.7 Å². The number of ether oxygens (including phenoxy) is 2. The number of nitrogens with one attached hydrogen (secondary N) is 2. The Kier molecular flexibility index (Phi) is 20.8. The van der Waals surface area contributed by atoms with E-state index >= 15 is 0 Å². The maximum Gasteiger partial charge on any atom is 0.425 e. The molecule has 0 amide bonds. The summed E-state index contributed by atoms with van der Waals surface area (Å²) in [6.45, 7) is 17.1. The Bertz CT molecular complexity index is 3080. The van der Waals surface area contributed by atoms with Crippen LogP contribution in [0.3, 0.4) is 0 Å². The van der Waals surface area contributed by atoms with Gasteiger partial charge >= 0.3 is 10.6 Å². The van der Waals surface area contributed by atoms with E-state index in [-0.39, 0.29) is 83.2 Å². The molecule has 0 aliphatic carbocycles. The summed E-state index contributed by atoms with van der Waals surface area (Å²) in [5.74, 6) is 0.682. The molecule has 26 nitrogen and oxygen atoms in total. The van der Waals surface area contributed by atoms with Crippen molar-refractivity contribution in [3.8, 4) is 17.6 Å². The van der Waals surface area contributed by atoms with Crippen LogP contribution in [0.4, 0.5) is 67.7 Å². The average molecular weight is 1060 g/mol. The minimum atomic E-state index is -5.00.